The highest BCUT2D eigenvalue weighted by Gasteiger charge is 2.24. The fourth-order valence-corrected chi connectivity index (χ4v) is 2.94. The predicted molar refractivity (Wildman–Crippen MR) is 80.1 cm³/mol. The van der Waals surface area contributed by atoms with Crippen LogP contribution in [0.2, 0.25) is 0 Å². The smallest absolute Gasteiger partial charge is 0.254 e. The van der Waals surface area contributed by atoms with Crippen LogP contribution in [0.3, 0.4) is 0 Å². The molecule has 0 saturated carbocycles. The lowest BCUT2D eigenvalue weighted by atomic mass is 9.98. The molecular formula is C17H16N2O3. The van der Waals surface area contributed by atoms with Gasteiger partial charge in [0.2, 0.25) is 0 Å². The highest BCUT2D eigenvalue weighted by molar-refractivity contribution is 5.94. The summed E-state index contributed by atoms with van der Waals surface area (Å²) >= 11 is 0. The van der Waals surface area contributed by atoms with Crippen LogP contribution in [0.5, 0.6) is 11.5 Å². The summed E-state index contributed by atoms with van der Waals surface area (Å²) in [5, 5.41) is 0. The average molecular weight is 296 g/mol. The number of hydrogen-bond donors (Lipinski definition) is 0. The molecular weight excluding hydrogens is 280 g/mol. The number of fused-ring (bicyclic) bond motifs is 2. The fraction of sp³-hybridized carbons (Fsp3) is 0.294. The third-order valence-corrected chi connectivity index (χ3v) is 4.09. The van der Waals surface area contributed by atoms with Crippen LogP contribution in [0, 0.1) is 0 Å². The number of hydrogen-bond acceptors (Lipinski definition) is 4. The Morgan fingerprint density at radius 3 is 2.45 bits per heavy atom. The number of benzene rings is 1. The van der Waals surface area contributed by atoms with Crippen LogP contribution in [0.15, 0.2) is 36.7 Å². The van der Waals surface area contributed by atoms with Crippen LogP contribution in [0.1, 0.15) is 21.5 Å². The first-order valence-electron chi connectivity index (χ1n) is 7.42. The zero-order valence-electron chi connectivity index (χ0n) is 12.1. The molecule has 112 valence electrons. The Labute approximate surface area is 128 Å². The van der Waals surface area contributed by atoms with Gasteiger partial charge in [0.1, 0.15) is 13.2 Å². The van der Waals surface area contributed by atoms with E-state index in [1.165, 1.54) is 5.56 Å². The maximum atomic E-state index is 12.5. The topological polar surface area (TPSA) is 51.7 Å². The molecule has 0 fully saturated rings. The molecule has 22 heavy (non-hydrogen) atoms. The van der Waals surface area contributed by atoms with E-state index >= 15 is 0 Å². The zero-order chi connectivity index (χ0) is 14.9. The lowest BCUT2D eigenvalue weighted by Gasteiger charge is -2.30. The van der Waals surface area contributed by atoms with Gasteiger partial charge in [-0.05, 0) is 41.8 Å². The van der Waals surface area contributed by atoms with Crippen molar-refractivity contribution in [3.8, 4) is 11.5 Å². The van der Waals surface area contributed by atoms with Crippen molar-refractivity contribution < 1.29 is 14.3 Å². The summed E-state index contributed by atoms with van der Waals surface area (Å²) in [6.07, 6.45) is 4.13. The van der Waals surface area contributed by atoms with E-state index in [9.17, 15) is 4.79 Å². The Kier molecular flexibility index (Phi) is 3.18. The largest absolute Gasteiger partial charge is 0.486 e. The van der Waals surface area contributed by atoms with Gasteiger partial charge in [-0.3, -0.25) is 9.78 Å². The molecule has 0 unspecified atom stereocenters. The summed E-state index contributed by atoms with van der Waals surface area (Å²) < 4.78 is 11.3. The number of carbonyl (C=O) groups is 1. The number of amides is 1. The van der Waals surface area contributed by atoms with Crippen LogP contribution in [-0.4, -0.2) is 35.5 Å². The van der Waals surface area contributed by atoms with E-state index in [0.29, 0.717) is 31.9 Å². The monoisotopic (exact) mass is 296 g/mol. The van der Waals surface area contributed by atoms with E-state index in [2.05, 4.69) is 11.1 Å². The first kappa shape index (κ1) is 13.1. The molecule has 2 aromatic rings. The summed E-state index contributed by atoms with van der Waals surface area (Å²) in [6, 6.07) is 7.57. The van der Waals surface area contributed by atoms with Gasteiger partial charge in [-0.25, -0.2) is 0 Å². The molecule has 5 heteroatoms. The normalized spacial score (nSPS) is 16.1. The Hall–Kier alpha value is -2.56. The minimum Gasteiger partial charge on any atom is -0.486 e. The van der Waals surface area contributed by atoms with E-state index in [4.69, 9.17) is 9.47 Å². The second-order valence-electron chi connectivity index (χ2n) is 5.48. The Morgan fingerprint density at radius 2 is 1.73 bits per heavy atom. The van der Waals surface area contributed by atoms with Crippen molar-refractivity contribution in [2.45, 2.75) is 13.0 Å². The number of rotatable bonds is 1. The third kappa shape index (κ3) is 2.28. The fourth-order valence-electron chi connectivity index (χ4n) is 2.94. The van der Waals surface area contributed by atoms with Gasteiger partial charge in [-0.15, -0.1) is 0 Å². The van der Waals surface area contributed by atoms with E-state index in [1.54, 1.807) is 24.5 Å². The minimum atomic E-state index is 0.0444. The van der Waals surface area contributed by atoms with Crippen molar-refractivity contribution in [3.05, 3.63) is 53.3 Å². The molecule has 0 atom stereocenters. The highest BCUT2D eigenvalue weighted by atomic mass is 16.6. The Morgan fingerprint density at radius 1 is 1.05 bits per heavy atom. The molecule has 3 heterocycles. The molecule has 1 amide bonds. The van der Waals surface area contributed by atoms with Gasteiger partial charge in [0, 0.05) is 31.0 Å². The van der Waals surface area contributed by atoms with E-state index in [-0.39, 0.29) is 5.91 Å². The molecule has 1 aromatic heterocycles. The Bertz CT molecular complexity index is 715. The molecule has 0 radical (unpaired) electrons. The second-order valence-corrected chi connectivity index (χ2v) is 5.48. The van der Waals surface area contributed by atoms with Gasteiger partial charge in [0.25, 0.3) is 5.91 Å². The van der Waals surface area contributed by atoms with Gasteiger partial charge in [0.15, 0.2) is 11.5 Å². The lowest BCUT2D eigenvalue weighted by molar-refractivity contribution is 0.0733. The maximum Gasteiger partial charge on any atom is 0.254 e. The van der Waals surface area contributed by atoms with Crippen LogP contribution < -0.4 is 9.47 Å². The summed E-state index contributed by atoms with van der Waals surface area (Å²) in [7, 11) is 0. The molecule has 0 N–H and O–H groups in total. The summed E-state index contributed by atoms with van der Waals surface area (Å²) in [5.74, 6) is 1.64. The molecule has 0 saturated heterocycles. The Balaban J connectivity index is 1.60. The summed E-state index contributed by atoms with van der Waals surface area (Å²) in [6.45, 7) is 2.49. The standard InChI is InChI=1S/C17H16N2O3/c20-17(12-1-4-18-5-2-12)19-6-3-13-9-15-16(10-14(13)11-19)22-8-7-21-15/h1-2,4-5,9-10H,3,6-8,11H2. The number of carbonyl (C=O) groups excluding carboxylic acids is 1. The van der Waals surface area contributed by atoms with Crippen molar-refractivity contribution in [1.82, 2.24) is 9.88 Å². The molecule has 0 bridgehead atoms. The quantitative estimate of drug-likeness (QED) is 0.808. The van der Waals surface area contributed by atoms with Crippen molar-refractivity contribution in [1.29, 1.82) is 0 Å². The van der Waals surface area contributed by atoms with Gasteiger partial charge in [0.05, 0.1) is 0 Å². The van der Waals surface area contributed by atoms with Gasteiger partial charge in [-0.1, -0.05) is 0 Å². The molecule has 5 nitrogen and oxygen atoms in total. The first-order chi connectivity index (χ1) is 10.8. The first-order valence-corrected chi connectivity index (χ1v) is 7.42. The van der Waals surface area contributed by atoms with Crippen LogP contribution >= 0.6 is 0 Å². The van der Waals surface area contributed by atoms with E-state index in [1.807, 2.05) is 11.0 Å². The molecule has 4 rings (SSSR count). The molecule has 0 aliphatic carbocycles. The van der Waals surface area contributed by atoms with Crippen molar-refractivity contribution >= 4 is 5.91 Å². The number of pyridine rings is 1. The van der Waals surface area contributed by atoms with Crippen molar-refractivity contribution in [2.75, 3.05) is 19.8 Å². The third-order valence-electron chi connectivity index (χ3n) is 4.09. The van der Waals surface area contributed by atoms with E-state index < -0.39 is 0 Å². The van der Waals surface area contributed by atoms with Crippen LogP contribution in [0.4, 0.5) is 0 Å². The zero-order valence-corrected chi connectivity index (χ0v) is 12.1. The number of aromatic nitrogens is 1. The molecule has 0 spiro atoms. The van der Waals surface area contributed by atoms with Crippen molar-refractivity contribution in [2.24, 2.45) is 0 Å². The number of nitrogens with zero attached hydrogens (tertiary/aromatic N) is 2. The lowest BCUT2D eigenvalue weighted by Crippen LogP contribution is -2.36. The SMILES string of the molecule is O=C(c1ccncc1)N1CCc2cc3c(cc2C1)OCCO3. The molecule has 2 aliphatic rings. The van der Waals surface area contributed by atoms with Crippen LogP contribution in [-0.2, 0) is 13.0 Å². The van der Waals surface area contributed by atoms with E-state index in [0.717, 1.165) is 23.5 Å². The highest BCUT2D eigenvalue weighted by Crippen LogP contribution is 2.35. The predicted octanol–water partition coefficient (Wildman–Crippen LogP) is 2.05. The average Bonchev–Trinajstić information content (AvgIpc) is 2.59. The summed E-state index contributed by atoms with van der Waals surface area (Å²) in [4.78, 5) is 18.4. The molecule has 2 aliphatic heterocycles. The van der Waals surface area contributed by atoms with Crippen LogP contribution in [0.25, 0.3) is 0 Å². The van der Waals surface area contributed by atoms with Crippen molar-refractivity contribution in [3.63, 3.8) is 0 Å². The maximum absolute atomic E-state index is 12.5. The van der Waals surface area contributed by atoms with Gasteiger partial charge < -0.3 is 14.4 Å². The second kappa shape index (κ2) is 5.33. The minimum absolute atomic E-state index is 0.0444. The molecule has 1 aromatic carbocycles. The van der Waals surface area contributed by atoms with Gasteiger partial charge in [-0.2, -0.15) is 0 Å². The van der Waals surface area contributed by atoms with Gasteiger partial charge >= 0.3 is 0 Å². The summed E-state index contributed by atoms with van der Waals surface area (Å²) in [5.41, 5.74) is 3.05. The number of ether oxygens (including phenoxy) is 2.